The molecule has 14 heavy (non-hydrogen) atoms. The first-order valence-electron chi connectivity index (χ1n) is 4.37. The molecule has 78 valence electrons. The Morgan fingerprint density at radius 3 is 2.36 bits per heavy atom. The van der Waals surface area contributed by atoms with Crippen molar-refractivity contribution >= 4 is 14.4 Å². The van der Waals surface area contributed by atoms with E-state index in [9.17, 15) is 4.79 Å². The van der Waals surface area contributed by atoms with Crippen LogP contribution in [0, 0.1) is 11.3 Å². The van der Waals surface area contributed by atoms with Crippen molar-refractivity contribution in [1.82, 2.24) is 4.90 Å². The molecule has 5 nitrogen and oxygen atoms in total. The van der Waals surface area contributed by atoms with E-state index in [2.05, 4.69) is 6.07 Å². The van der Waals surface area contributed by atoms with Gasteiger partial charge in [0.05, 0.1) is 13.1 Å². The molecule has 0 aliphatic carbocycles. The molecule has 1 rings (SSSR count). The second-order valence-electron chi connectivity index (χ2n) is 4.46. The lowest BCUT2D eigenvalue weighted by molar-refractivity contribution is -0.0290. The van der Waals surface area contributed by atoms with Gasteiger partial charge in [0.1, 0.15) is 6.07 Å². The van der Waals surface area contributed by atoms with Crippen LogP contribution in [-0.2, 0) is 4.43 Å². The summed E-state index contributed by atoms with van der Waals surface area (Å²) < 4.78 is 5.66. The van der Waals surface area contributed by atoms with E-state index in [1.165, 1.54) is 4.90 Å². The van der Waals surface area contributed by atoms with Crippen LogP contribution in [0.1, 0.15) is 0 Å². The van der Waals surface area contributed by atoms with E-state index < -0.39 is 20.0 Å². The van der Waals surface area contributed by atoms with Crippen LogP contribution in [-0.4, -0.2) is 43.1 Å². The highest BCUT2D eigenvalue weighted by atomic mass is 28.4. The molecule has 1 heterocycles. The molecule has 0 radical (unpaired) electrons. The SMILES string of the molecule is C[Si](C)(C)OC1(C#N)CN(C(=O)O)C1. The zero-order chi connectivity index (χ0) is 11.0. The number of rotatable bonds is 2. The smallest absolute Gasteiger partial charge is 0.407 e. The van der Waals surface area contributed by atoms with E-state index in [4.69, 9.17) is 14.8 Å². The van der Waals surface area contributed by atoms with Crippen LogP contribution in [0.2, 0.25) is 19.6 Å². The summed E-state index contributed by atoms with van der Waals surface area (Å²) in [6, 6.07) is 2.06. The maximum absolute atomic E-state index is 10.5. The van der Waals surface area contributed by atoms with Crippen LogP contribution in [0.3, 0.4) is 0 Å². The second-order valence-corrected chi connectivity index (χ2v) is 8.89. The Morgan fingerprint density at radius 1 is 1.57 bits per heavy atom. The topological polar surface area (TPSA) is 73.6 Å². The Hall–Kier alpha value is -1.06. The highest BCUT2D eigenvalue weighted by Gasteiger charge is 2.49. The van der Waals surface area contributed by atoms with Gasteiger partial charge in [0.25, 0.3) is 0 Å². The van der Waals surface area contributed by atoms with Crippen LogP contribution in [0.4, 0.5) is 4.79 Å². The largest absolute Gasteiger partial charge is 0.465 e. The van der Waals surface area contributed by atoms with Crippen LogP contribution in [0.5, 0.6) is 0 Å². The molecule has 0 bridgehead atoms. The van der Waals surface area contributed by atoms with Gasteiger partial charge in [-0.1, -0.05) is 0 Å². The van der Waals surface area contributed by atoms with E-state index in [1.54, 1.807) is 0 Å². The summed E-state index contributed by atoms with van der Waals surface area (Å²) in [4.78, 5) is 11.7. The quantitative estimate of drug-likeness (QED) is 0.698. The highest BCUT2D eigenvalue weighted by molar-refractivity contribution is 6.69. The molecule has 0 aromatic heterocycles. The summed E-state index contributed by atoms with van der Waals surface area (Å²) >= 11 is 0. The standard InChI is InChI=1S/C8H14N2O3Si/c1-14(2,3)13-8(4-9)5-10(6-8)7(11)12/h5-6H2,1-3H3,(H,11,12). The van der Waals surface area contributed by atoms with Gasteiger partial charge in [0.2, 0.25) is 0 Å². The Bertz CT molecular complexity index is 286. The average molecular weight is 214 g/mol. The van der Waals surface area contributed by atoms with E-state index >= 15 is 0 Å². The predicted octanol–water partition coefficient (Wildman–Crippen LogP) is 1.09. The van der Waals surface area contributed by atoms with Crippen LogP contribution >= 0.6 is 0 Å². The summed E-state index contributed by atoms with van der Waals surface area (Å²) in [5.41, 5.74) is -0.886. The van der Waals surface area contributed by atoms with Gasteiger partial charge in [0.15, 0.2) is 13.9 Å². The minimum atomic E-state index is -1.79. The molecule has 1 aliphatic heterocycles. The fourth-order valence-electron chi connectivity index (χ4n) is 1.45. The van der Waals surface area contributed by atoms with Crippen LogP contribution < -0.4 is 0 Å². The van der Waals surface area contributed by atoms with Gasteiger partial charge in [-0.05, 0) is 19.6 Å². The lowest BCUT2D eigenvalue weighted by Crippen LogP contribution is -2.66. The Morgan fingerprint density at radius 2 is 2.07 bits per heavy atom. The molecular weight excluding hydrogens is 200 g/mol. The molecule has 1 amide bonds. The van der Waals surface area contributed by atoms with Crippen molar-refractivity contribution in [2.24, 2.45) is 0 Å². The number of nitriles is 1. The number of carboxylic acid groups (broad SMARTS) is 1. The molecule has 0 unspecified atom stereocenters. The first-order chi connectivity index (χ1) is 6.28. The number of likely N-dealkylation sites (tertiary alicyclic amines) is 1. The van der Waals surface area contributed by atoms with Gasteiger partial charge in [-0.2, -0.15) is 5.26 Å². The van der Waals surface area contributed by atoms with Crippen LogP contribution in [0.25, 0.3) is 0 Å². The summed E-state index contributed by atoms with van der Waals surface area (Å²) in [5.74, 6) is 0. The Kier molecular flexibility index (Phi) is 2.56. The molecule has 1 fully saturated rings. The van der Waals surface area contributed by atoms with Gasteiger partial charge < -0.3 is 14.4 Å². The summed E-state index contributed by atoms with van der Waals surface area (Å²) in [7, 11) is -1.79. The van der Waals surface area contributed by atoms with E-state index in [0.29, 0.717) is 0 Å². The number of nitrogens with zero attached hydrogens (tertiary/aromatic N) is 2. The van der Waals surface area contributed by atoms with Gasteiger partial charge in [0, 0.05) is 0 Å². The van der Waals surface area contributed by atoms with Crippen molar-refractivity contribution in [3.8, 4) is 6.07 Å². The molecule has 0 saturated carbocycles. The fraction of sp³-hybridized carbons (Fsp3) is 0.750. The molecule has 0 spiro atoms. The zero-order valence-electron chi connectivity index (χ0n) is 8.57. The third kappa shape index (κ3) is 2.24. The lowest BCUT2D eigenvalue weighted by Gasteiger charge is -2.46. The van der Waals surface area contributed by atoms with Gasteiger partial charge >= 0.3 is 6.09 Å². The molecule has 6 heteroatoms. The van der Waals surface area contributed by atoms with Crippen molar-refractivity contribution in [2.75, 3.05) is 13.1 Å². The summed E-state index contributed by atoms with van der Waals surface area (Å²) in [5, 5.41) is 17.6. The molecular formula is C8H14N2O3Si. The van der Waals surface area contributed by atoms with Gasteiger partial charge in [-0.25, -0.2) is 4.79 Å². The maximum atomic E-state index is 10.5. The van der Waals surface area contributed by atoms with E-state index in [1.807, 2.05) is 19.6 Å². The maximum Gasteiger partial charge on any atom is 0.407 e. The van der Waals surface area contributed by atoms with Crippen molar-refractivity contribution in [3.05, 3.63) is 0 Å². The van der Waals surface area contributed by atoms with Crippen molar-refractivity contribution in [3.63, 3.8) is 0 Å². The second kappa shape index (κ2) is 3.26. The third-order valence-corrected chi connectivity index (χ3v) is 2.87. The van der Waals surface area contributed by atoms with Crippen LogP contribution in [0.15, 0.2) is 0 Å². The van der Waals surface area contributed by atoms with E-state index in [0.717, 1.165) is 0 Å². The lowest BCUT2D eigenvalue weighted by atomic mass is 9.97. The number of amides is 1. The van der Waals surface area contributed by atoms with E-state index in [-0.39, 0.29) is 13.1 Å². The highest BCUT2D eigenvalue weighted by Crippen LogP contribution is 2.28. The van der Waals surface area contributed by atoms with Crippen molar-refractivity contribution in [2.45, 2.75) is 25.2 Å². The molecule has 1 saturated heterocycles. The van der Waals surface area contributed by atoms with Gasteiger partial charge in [-0.15, -0.1) is 0 Å². The predicted molar refractivity (Wildman–Crippen MR) is 52.4 cm³/mol. The monoisotopic (exact) mass is 214 g/mol. The fourth-order valence-corrected chi connectivity index (χ4v) is 2.80. The number of hydrogen-bond acceptors (Lipinski definition) is 3. The molecule has 0 aromatic rings. The first-order valence-corrected chi connectivity index (χ1v) is 7.78. The summed E-state index contributed by atoms with van der Waals surface area (Å²) in [6.45, 7) is 6.28. The average Bonchev–Trinajstić information content (AvgIpc) is 1.93. The normalized spacial score (nSPS) is 19.7. The Labute approximate surface area is 84.0 Å². The minimum absolute atomic E-state index is 0.170. The molecule has 0 aromatic carbocycles. The third-order valence-electron chi connectivity index (χ3n) is 1.87. The van der Waals surface area contributed by atoms with Crippen molar-refractivity contribution < 1.29 is 14.3 Å². The zero-order valence-corrected chi connectivity index (χ0v) is 9.57. The first kappa shape index (κ1) is 11.0. The molecule has 1 aliphatic rings. The Balaban J connectivity index is 2.59. The molecule has 1 N–H and O–H groups in total. The minimum Gasteiger partial charge on any atom is -0.465 e. The van der Waals surface area contributed by atoms with Crippen molar-refractivity contribution in [1.29, 1.82) is 5.26 Å². The number of hydrogen-bond donors (Lipinski definition) is 1. The summed E-state index contributed by atoms with van der Waals surface area (Å²) in [6.07, 6.45) is -0.991. The number of carbonyl (C=O) groups is 1. The molecule has 0 atom stereocenters. The van der Waals surface area contributed by atoms with Gasteiger partial charge in [-0.3, -0.25) is 0 Å².